The fraction of sp³-hybridized carbons (Fsp3) is 0.846. The van der Waals surface area contributed by atoms with E-state index in [1.54, 1.807) is 0 Å². The van der Waals surface area contributed by atoms with Gasteiger partial charge in [-0.15, -0.1) is 0 Å². The number of carbonyl (C=O) groups is 2. The van der Waals surface area contributed by atoms with Gasteiger partial charge in [-0.3, -0.25) is 14.5 Å². The van der Waals surface area contributed by atoms with E-state index in [0.717, 1.165) is 19.3 Å². The van der Waals surface area contributed by atoms with Crippen molar-refractivity contribution in [1.82, 2.24) is 4.90 Å². The molecule has 0 N–H and O–H groups in total. The molecule has 0 aromatic rings. The highest BCUT2D eigenvalue weighted by Crippen LogP contribution is 2.34. The number of imide groups is 1. The number of rotatable bonds is 3. The molecule has 1 fully saturated rings. The summed E-state index contributed by atoms with van der Waals surface area (Å²) < 4.78 is 0. The largest absolute Gasteiger partial charge is 0.277 e. The van der Waals surface area contributed by atoms with Gasteiger partial charge in [0.05, 0.1) is 0 Å². The van der Waals surface area contributed by atoms with Gasteiger partial charge in [0.25, 0.3) is 0 Å². The predicted molar refractivity (Wildman–Crippen MR) is 63.8 cm³/mol. The van der Waals surface area contributed by atoms with Gasteiger partial charge < -0.3 is 0 Å². The molecule has 1 heterocycles. The maximum atomic E-state index is 12.2. The number of carbonyl (C=O) groups excluding carboxylic acids is 2. The lowest BCUT2D eigenvalue weighted by atomic mass is 9.92. The highest BCUT2D eigenvalue weighted by atomic mass is 16.2. The second-order valence-corrected chi connectivity index (χ2v) is 5.72. The third-order valence-electron chi connectivity index (χ3n) is 3.29. The maximum Gasteiger partial charge on any atom is 0.233 e. The molecular formula is C13H23NO2. The van der Waals surface area contributed by atoms with Crippen LogP contribution in [-0.2, 0) is 9.59 Å². The van der Waals surface area contributed by atoms with E-state index in [2.05, 4.69) is 6.92 Å². The fourth-order valence-corrected chi connectivity index (χ4v) is 2.32. The SMILES string of the molecule is CCCCC1C(=O)N(C(C)(C)C)C(=O)C1C. The summed E-state index contributed by atoms with van der Waals surface area (Å²) in [5, 5.41) is 0. The van der Waals surface area contributed by atoms with Crippen LogP contribution in [-0.4, -0.2) is 22.3 Å². The van der Waals surface area contributed by atoms with Gasteiger partial charge in [-0.1, -0.05) is 26.7 Å². The van der Waals surface area contributed by atoms with Crippen molar-refractivity contribution in [3.8, 4) is 0 Å². The van der Waals surface area contributed by atoms with Gasteiger partial charge in [0.2, 0.25) is 11.8 Å². The van der Waals surface area contributed by atoms with E-state index < -0.39 is 0 Å². The van der Waals surface area contributed by atoms with Crippen molar-refractivity contribution in [2.24, 2.45) is 11.8 Å². The van der Waals surface area contributed by atoms with Gasteiger partial charge in [0.15, 0.2) is 0 Å². The van der Waals surface area contributed by atoms with Crippen LogP contribution in [0.2, 0.25) is 0 Å². The molecule has 0 aromatic carbocycles. The molecule has 0 bridgehead atoms. The molecule has 0 radical (unpaired) electrons. The van der Waals surface area contributed by atoms with Crippen molar-refractivity contribution >= 4 is 11.8 Å². The summed E-state index contributed by atoms with van der Waals surface area (Å²) in [4.78, 5) is 25.7. The van der Waals surface area contributed by atoms with Crippen molar-refractivity contribution in [2.45, 2.75) is 59.4 Å². The van der Waals surface area contributed by atoms with Crippen LogP contribution in [0.5, 0.6) is 0 Å². The van der Waals surface area contributed by atoms with Gasteiger partial charge in [-0.05, 0) is 27.2 Å². The minimum absolute atomic E-state index is 0.00129. The molecule has 16 heavy (non-hydrogen) atoms. The first-order chi connectivity index (χ1) is 7.30. The summed E-state index contributed by atoms with van der Waals surface area (Å²) in [6, 6.07) is 0. The number of unbranched alkanes of at least 4 members (excludes halogenated alkanes) is 1. The molecular weight excluding hydrogens is 202 g/mol. The van der Waals surface area contributed by atoms with E-state index in [-0.39, 0.29) is 29.2 Å². The molecule has 1 aliphatic heterocycles. The highest BCUT2D eigenvalue weighted by Gasteiger charge is 2.48. The molecule has 0 saturated carbocycles. The van der Waals surface area contributed by atoms with Crippen LogP contribution in [0, 0.1) is 11.8 Å². The molecule has 1 aliphatic rings. The van der Waals surface area contributed by atoms with Crippen LogP contribution in [0.15, 0.2) is 0 Å². The highest BCUT2D eigenvalue weighted by molar-refractivity contribution is 6.05. The molecule has 2 unspecified atom stereocenters. The van der Waals surface area contributed by atoms with E-state index in [1.165, 1.54) is 4.90 Å². The van der Waals surface area contributed by atoms with E-state index in [0.29, 0.717) is 0 Å². The second kappa shape index (κ2) is 4.56. The molecule has 0 aliphatic carbocycles. The van der Waals surface area contributed by atoms with Gasteiger partial charge in [-0.2, -0.15) is 0 Å². The van der Waals surface area contributed by atoms with Crippen LogP contribution in [0.4, 0.5) is 0 Å². The van der Waals surface area contributed by atoms with Crippen LogP contribution in [0.25, 0.3) is 0 Å². The summed E-state index contributed by atoms with van der Waals surface area (Å²) in [6.45, 7) is 9.73. The minimum Gasteiger partial charge on any atom is -0.277 e. The Morgan fingerprint density at radius 1 is 1.19 bits per heavy atom. The molecule has 1 rings (SSSR count). The van der Waals surface area contributed by atoms with Gasteiger partial charge in [0.1, 0.15) is 0 Å². The maximum absolute atomic E-state index is 12.2. The molecule has 2 atom stereocenters. The minimum atomic E-state index is -0.386. The Morgan fingerprint density at radius 3 is 2.12 bits per heavy atom. The lowest BCUT2D eigenvalue weighted by Crippen LogP contribution is -2.45. The van der Waals surface area contributed by atoms with Crippen molar-refractivity contribution in [2.75, 3.05) is 0 Å². The Bertz CT molecular complexity index is 291. The Balaban J connectivity index is 2.86. The van der Waals surface area contributed by atoms with Gasteiger partial charge >= 0.3 is 0 Å². The summed E-state index contributed by atoms with van der Waals surface area (Å²) in [5.41, 5.74) is -0.386. The molecule has 3 nitrogen and oxygen atoms in total. The average molecular weight is 225 g/mol. The first-order valence-electron chi connectivity index (χ1n) is 6.18. The van der Waals surface area contributed by atoms with E-state index >= 15 is 0 Å². The van der Waals surface area contributed by atoms with Crippen LogP contribution in [0.1, 0.15) is 53.9 Å². The molecule has 2 amide bonds. The van der Waals surface area contributed by atoms with Gasteiger partial charge in [-0.25, -0.2) is 0 Å². The van der Waals surface area contributed by atoms with Crippen LogP contribution in [0.3, 0.4) is 0 Å². The average Bonchev–Trinajstić information content (AvgIpc) is 2.35. The third kappa shape index (κ3) is 2.28. The van der Waals surface area contributed by atoms with Crippen molar-refractivity contribution in [3.63, 3.8) is 0 Å². The summed E-state index contributed by atoms with van der Waals surface area (Å²) in [5.74, 6) is -0.206. The molecule has 92 valence electrons. The summed E-state index contributed by atoms with van der Waals surface area (Å²) >= 11 is 0. The Labute approximate surface area is 98.2 Å². The summed E-state index contributed by atoms with van der Waals surface area (Å²) in [7, 11) is 0. The third-order valence-corrected chi connectivity index (χ3v) is 3.29. The molecule has 0 aromatic heterocycles. The first kappa shape index (κ1) is 13.2. The number of amides is 2. The molecule has 1 saturated heterocycles. The van der Waals surface area contributed by atoms with Gasteiger partial charge in [0, 0.05) is 17.4 Å². The zero-order valence-corrected chi connectivity index (χ0v) is 11.0. The zero-order chi connectivity index (χ0) is 12.5. The Morgan fingerprint density at radius 2 is 1.75 bits per heavy atom. The predicted octanol–water partition coefficient (Wildman–Crippen LogP) is 2.60. The number of hydrogen-bond donors (Lipinski definition) is 0. The molecule has 3 heteroatoms. The standard InChI is InChI=1S/C13H23NO2/c1-6-7-8-10-9(2)11(15)14(12(10)16)13(3,4)5/h9-10H,6-8H2,1-5H3. The van der Waals surface area contributed by atoms with Crippen molar-refractivity contribution < 1.29 is 9.59 Å². The monoisotopic (exact) mass is 225 g/mol. The smallest absolute Gasteiger partial charge is 0.233 e. The quantitative estimate of drug-likeness (QED) is 0.692. The topological polar surface area (TPSA) is 37.4 Å². The van der Waals surface area contributed by atoms with E-state index in [4.69, 9.17) is 0 Å². The first-order valence-corrected chi connectivity index (χ1v) is 6.18. The number of nitrogens with zero attached hydrogens (tertiary/aromatic N) is 1. The second-order valence-electron chi connectivity index (χ2n) is 5.72. The van der Waals surface area contributed by atoms with E-state index in [9.17, 15) is 9.59 Å². The summed E-state index contributed by atoms with van der Waals surface area (Å²) in [6.07, 6.45) is 2.93. The number of hydrogen-bond acceptors (Lipinski definition) is 2. The number of likely N-dealkylation sites (tertiary alicyclic amines) is 1. The van der Waals surface area contributed by atoms with Crippen molar-refractivity contribution in [1.29, 1.82) is 0 Å². The lowest BCUT2D eigenvalue weighted by molar-refractivity contribution is -0.145. The Kier molecular flexibility index (Phi) is 3.76. The fourth-order valence-electron chi connectivity index (χ4n) is 2.32. The van der Waals surface area contributed by atoms with Crippen LogP contribution >= 0.6 is 0 Å². The van der Waals surface area contributed by atoms with Crippen molar-refractivity contribution in [3.05, 3.63) is 0 Å². The van der Waals surface area contributed by atoms with E-state index in [1.807, 2.05) is 27.7 Å². The molecule has 0 spiro atoms. The normalized spacial score (nSPS) is 26.7. The van der Waals surface area contributed by atoms with Crippen LogP contribution < -0.4 is 0 Å². The Hall–Kier alpha value is -0.860. The zero-order valence-electron chi connectivity index (χ0n) is 11.0. The lowest BCUT2D eigenvalue weighted by Gasteiger charge is -2.30.